The van der Waals surface area contributed by atoms with Gasteiger partial charge >= 0.3 is 0 Å². The van der Waals surface area contributed by atoms with Gasteiger partial charge in [-0.25, -0.2) is 26.3 Å². The van der Waals surface area contributed by atoms with E-state index in [4.69, 9.17) is 4.74 Å². The van der Waals surface area contributed by atoms with Gasteiger partial charge in [-0.15, -0.1) is 0 Å². The van der Waals surface area contributed by atoms with Crippen LogP contribution in [-0.4, -0.2) is 26.9 Å². The van der Waals surface area contributed by atoms with Crippen molar-refractivity contribution in [2.24, 2.45) is 0 Å². The second-order valence-corrected chi connectivity index (χ2v) is 38.7. The van der Waals surface area contributed by atoms with E-state index in [0.29, 0.717) is 68.4 Å². The van der Waals surface area contributed by atoms with E-state index >= 15 is 26.3 Å². The molecule has 15 aromatic rings. The third-order valence-electron chi connectivity index (χ3n) is 27.5. The zero-order valence-corrected chi connectivity index (χ0v) is 70.6. The number of ether oxygens (including phenoxy) is 1. The first kappa shape index (κ1) is 74.4. The lowest BCUT2D eigenvalue weighted by Crippen LogP contribution is -2.70. The molecule has 9 aliphatic rings. The Morgan fingerprint density at radius 3 is 0.726 bits per heavy atom. The van der Waals surface area contributed by atoms with Crippen LogP contribution in [0.4, 0.5) is 146 Å². The third kappa shape index (κ3) is 10.2. The molecule has 0 aromatic heterocycles. The van der Waals surface area contributed by atoms with E-state index in [2.05, 4.69) is 189 Å². The van der Waals surface area contributed by atoms with Crippen molar-refractivity contribution in [1.82, 2.24) is 0 Å². The fraction of sp³-hybridized carbons (Fsp3) is 0.151. The molecule has 0 N–H and O–H groups in total. The number of halogens is 6. The lowest BCUT2D eigenvalue weighted by molar-refractivity contribution is 0.470. The van der Waals surface area contributed by atoms with E-state index in [0.717, 1.165) is 128 Å². The van der Waals surface area contributed by atoms with Gasteiger partial charge in [0.15, 0.2) is 11.5 Å². The quantitative estimate of drug-likeness (QED) is 0.120. The topological polar surface area (TPSA) is 31.9 Å². The zero-order chi connectivity index (χ0) is 84.9. The van der Waals surface area contributed by atoms with Crippen molar-refractivity contribution < 1.29 is 31.1 Å². The van der Waals surface area contributed by atoms with Crippen molar-refractivity contribution in [3.8, 4) is 11.5 Å². The van der Waals surface area contributed by atoms with Crippen LogP contribution in [0.2, 0.25) is 0 Å². The molecule has 124 heavy (non-hydrogen) atoms. The molecule has 0 fully saturated rings. The minimum Gasteiger partial charge on any atom is -0.453 e. The minimum absolute atomic E-state index is 0.234. The van der Waals surface area contributed by atoms with Gasteiger partial charge in [0.1, 0.15) is 34.9 Å². The summed E-state index contributed by atoms with van der Waals surface area (Å²) in [5, 5.41) is 0. The summed E-state index contributed by atoms with van der Waals surface area (Å²) in [6.45, 7) is 24.1. The second-order valence-electron chi connectivity index (χ2n) is 38.7. The lowest BCUT2D eigenvalue weighted by Gasteiger charge is -2.53. The molecule has 0 spiro atoms. The Hall–Kier alpha value is -13.5. The monoisotopic (exact) mass is 1630 g/mol. The van der Waals surface area contributed by atoms with Crippen LogP contribution in [0.5, 0.6) is 11.5 Å². The van der Waals surface area contributed by atoms with E-state index in [9.17, 15) is 0 Å². The van der Waals surface area contributed by atoms with Crippen LogP contribution in [0.15, 0.2) is 273 Å². The van der Waals surface area contributed by atoms with Crippen molar-refractivity contribution in [2.75, 3.05) is 34.3 Å². The highest BCUT2D eigenvalue weighted by atomic mass is 19.1. The number of anilines is 21. The molecule has 0 bridgehead atoms. The van der Waals surface area contributed by atoms with Crippen LogP contribution >= 0.6 is 0 Å². The van der Waals surface area contributed by atoms with Crippen LogP contribution in [0.25, 0.3) is 0 Å². The highest BCUT2D eigenvalue weighted by Gasteiger charge is 2.58. The van der Waals surface area contributed by atoms with Gasteiger partial charge in [0.2, 0.25) is 0 Å². The first-order valence-corrected chi connectivity index (χ1v) is 42.8. The maximum atomic E-state index is 18.7. The Kier molecular flexibility index (Phi) is 15.4. The summed E-state index contributed by atoms with van der Waals surface area (Å²) in [4.78, 5) is 14.6. The Bertz CT molecular complexity index is 6890. The Morgan fingerprint density at radius 1 is 0.194 bits per heavy atom. The molecule has 0 amide bonds. The maximum absolute atomic E-state index is 18.7. The summed E-state index contributed by atoms with van der Waals surface area (Å²) in [5.74, 6) is -1.50. The summed E-state index contributed by atoms with van der Waals surface area (Å²) in [5.41, 5.74) is 25.5. The zero-order valence-electron chi connectivity index (χ0n) is 70.6. The summed E-state index contributed by atoms with van der Waals surface area (Å²) < 4.78 is 116. The molecule has 24 rings (SSSR count). The largest absolute Gasteiger partial charge is 0.453 e. The average Bonchev–Trinajstić information content (AvgIpc) is 0.653. The average molecular weight is 1630 g/mol. The number of hydrogen-bond acceptors (Lipinski definition) is 8. The number of benzene rings is 15. The van der Waals surface area contributed by atoms with E-state index in [1.54, 1.807) is 48.5 Å². The van der Waals surface area contributed by atoms with E-state index < -0.39 is 72.6 Å². The van der Waals surface area contributed by atoms with Crippen LogP contribution in [-0.2, 0) is 21.7 Å². The van der Waals surface area contributed by atoms with E-state index in [-0.39, 0.29) is 33.6 Å². The predicted octanol–water partition coefficient (Wildman–Crippen LogP) is 20.7. The normalized spacial score (nSPS) is 14.7. The molecule has 0 atom stereocenters. The molecule has 600 valence electrons. The van der Waals surface area contributed by atoms with Gasteiger partial charge in [0.25, 0.3) is 26.9 Å². The molecular formula is C106H81B4F6N7O. The molecule has 0 unspecified atom stereocenters. The van der Waals surface area contributed by atoms with Crippen LogP contribution in [0, 0.1) is 34.9 Å². The molecule has 9 aliphatic heterocycles. The van der Waals surface area contributed by atoms with Gasteiger partial charge in [0.05, 0.1) is 45.5 Å². The van der Waals surface area contributed by atoms with Crippen LogP contribution in [0.1, 0.15) is 105 Å². The van der Waals surface area contributed by atoms with Crippen molar-refractivity contribution in [3.05, 3.63) is 330 Å². The Labute approximate surface area is 719 Å². The predicted molar refractivity (Wildman–Crippen MR) is 502 cm³/mol. The number of nitrogens with zero attached hydrogens (tertiary/aromatic N) is 7. The molecule has 0 saturated carbocycles. The molecular weight excluding hydrogens is 1540 g/mol. The number of hydrogen-bond donors (Lipinski definition) is 0. The highest BCUT2D eigenvalue weighted by molar-refractivity contribution is 7.07. The molecule has 18 heteroatoms. The van der Waals surface area contributed by atoms with Crippen molar-refractivity contribution in [3.63, 3.8) is 0 Å². The lowest BCUT2D eigenvalue weighted by atomic mass is 9.27. The first-order valence-electron chi connectivity index (χ1n) is 42.8. The molecule has 8 nitrogen and oxygen atoms in total. The molecule has 9 heterocycles. The van der Waals surface area contributed by atoms with Crippen molar-refractivity contribution in [2.45, 2.75) is 105 Å². The smallest absolute Gasteiger partial charge is 0.252 e. The van der Waals surface area contributed by atoms with Gasteiger partial charge < -0.3 is 39.0 Å². The summed E-state index contributed by atoms with van der Waals surface area (Å²) in [6, 6.07) is 86.6. The molecule has 0 radical (unpaired) electrons. The van der Waals surface area contributed by atoms with Crippen LogP contribution in [0.3, 0.4) is 0 Å². The summed E-state index contributed by atoms with van der Waals surface area (Å²) in [6.07, 6.45) is 0. The van der Waals surface area contributed by atoms with E-state index in [1.807, 2.05) is 117 Å². The second kappa shape index (κ2) is 25.6. The summed E-state index contributed by atoms with van der Waals surface area (Å²) >= 11 is 0. The first-order chi connectivity index (χ1) is 59.6. The molecule has 0 saturated heterocycles. The van der Waals surface area contributed by atoms with Gasteiger partial charge in [-0.1, -0.05) is 217 Å². The summed E-state index contributed by atoms with van der Waals surface area (Å²) in [7, 11) is 0. The highest BCUT2D eigenvalue weighted by Crippen LogP contribution is 2.60. The van der Waals surface area contributed by atoms with Crippen molar-refractivity contribution >= 4 is 212 Å². The Morgan fingerprint density at radius 2 is 0.435 bits per heavy atom. The molecule has 0 aliphatic carbocycles. The fourth-order valence-corrected chi connectivity index (χ4v) is 21.8. The number of rotatable bonds is 6. The number of para-hydroxylation sites is 6. The fourth-order valence-electron chi connectivity index (χ4n) is 21.8. The maximum Gasteiger partial charge on any atom is 0.252 e. The SMILES string of the molecule is CC(C)(C)c1ccc2c(c1)B1c3cc4c(cc3N(c3ccccc3F)c3cccc(c31)N2c1ccccc1F)N(c1ccccc1F)c1cc2c3c5c1B4c1cc(C(C)(C)C)cc4c1N5c1c(cc(C(C)(C)C)cc1B3c1cc3c(cc1N2c1ccccc1F)N(c1ccccc1F)c1cccc2c1B3c1cc(C(C)(C)C)ccc1N2c1ccccc1F)O4. The Balaban J connectivity index is 0.856. The van der Waals surface area contributed by atoms with Crippen LogP contribution < -0.4 is 105 Å². The van der Waals surface area contributed by atoms with Gasteiger partial charge in [-0.3, -0.25) is 0 Å². The third-order valence-corrected chi connectivity index (χ3v) is 27.5. The van der Waals surface area contributed by atoms with Gasteiger partial charge in [-0.05, 0) is 249 Å². The van der Waals surface area contributed by atoms with E-state index in [1.165, 1.54) is 36.4 Å². The standard InChI is InChI=1S/C106H81B4F6N7O/c1-103(2,3)58-43-45-76-62(47-58)107-64-53-66-90(55-88(64)119(80-35-21-15-29-72(80)113)86-41-25-39-84(96(86)107)117(76)78-33-19-13-27-70(78)111)121(82-37-23-17-31-74(82)115)92-57-93-99-102-98(92)109(66)68-49-60(105(7,8)9)51-94-100(68)123(102)101-69(50-61(106(10,11)12)52-95(101)124-94)110(99)67-54-65-89(56-91(67)122(93)83-38-24-18-32-75(83)116)120(81-36-22-16-30-73(81)114)87-42-26-40-85-97(87)108(65)63-48-59(104(4,5)6)44-46-77(63)118(85)79-34-20-14-28-71(79)112/h13-57H,1-12H3. The molecule has 15 aromatic carbocycles. The van der Waals surface area contributed by atoms with Crippen molar-refractivity contribution in [1.29, 1.82) is 0 Å². The van der Waals surface area contributed by atoms with Gasteiger partial charge in [-0.2, -0.15) is 0 Å². The van der Waals surface area contributed by atoms with Gasteiger partial charge in [0, 0.05) is 73.9 Å². The minimum atomic E-state index is -0.686. The number of fused-ring (bicyclic) bond motifs is 14.